The Bertz CT molecular complexity index is 1100. The lowest BCUT2D eigenvalue weighted by molar-refractivity contribution is 0.0456. The summed E-state index contributed by atoms with van der Waals surface area (Å²) >= 11 is 6.69. The molecule has 0 spiro atoms. The Morgan fingerprint density at radius 2 is 1.87 bits per heavy atom. The average molecular weight is 540 g/mol. The number of ether oxygens (including phenoxy) is 1. The van der Waals surface area contributed by atoms with E-state index >= 15 is 0 Å². The van der Waals surface area contributed by atoms with Gasteiger partial charge in [0, 0.05) is 55.3 Å². The molecular weight excluding hydrogens is 498 g/mol. The van der Waals surface area contributed by atoms with Crippen molar-refractivity contribution in [2.24, 2.45) is 5.41 Å². The average Bonchev–Trinajstić information content (AvgIpc) is 2.94. The number of aliphatic hydroxyl groups excluding tert-OH is 1. The molecule has 2 fully saturated rings. The first-order chi connectivity index (χ1) is 18.3. The van der Waals surface area contributed by atoms with E-state index in [1.54, 1.807) is 6.20 Å². The van der Waals surface area contributed by atoms with Crippen LogP contribution < -0.4 is 16.0 Å². The van der Waals surface area contributed by atoms with E-state index in [1.165, 1.54) is 5.56 Å². The molecule has 4 rings (SSSR count). The van der Waals surface area contributed by atoms with Crippen molar-refractivity contribution in [3.63, 3.8) is 0 Å². The SMILES string of the molecule is CCc1c(NCC2(C#N)CCOCC2)cccc1-c1cc(NC2CCC(NC(C)C(C)O)CC2)ncc1Cl. The molecular formula is C30H42ClN5O2. The summed E-state index contributed by atoms with van der Waals surface area (Å²) in [6.07, 6.45) is 7.97. The van der Waals surface area contributed by atoms with Crippen molar-refractivity contribution < 1.29 is 9.84 Å². The van der Waals surface area contributed by atoms with E-state index in [-0.39, 0.29) is 12.1 Å². The number of nitrogens with zero attached hydrogens (tertiary/aromatic N) is 2. The summed E-state index contributed by atoms with van der Waals surface area (Å²) in [5.74, 6) is 0.837. The van der Waals surface area contributed by atoms with Crippen LogP contribution in [0.1, 0.15) is 64.9 Å². The molecule has 2 aliphatic rings. The number of anilines is 2. The summed E-state index contributed by atoms with van der Waals surface area (Å²) < 4.78 is 5.49. The predicted octanol–water partition coefficient (Wildman–Crippen LogP) is 5.78. The fourth-order valence-electron chi connectivity index (χ4n) is 5.59. The number of benzene rings is 1. The summed E-state index contributed by atoms with van der Waals surface area (Å²) in [4.78, 5) is 4.59. The van der Waals surface area contributed by atoms with Crippen LogP contribution in [-0.4, -0.2) is 54.1 Å². The molecule has 0 bridgehead atoms. The van der Waals surface area contributed by atoms with Gasteiger partial charge in [-0.15, -0.1) is 0 Å². The normalized spacial score (nSPS) is 22.7. The second kappa shape index (κ2) is 13.1. The summed E-state index contributed by atoms with van der Waals surface area (Å²) in [5.41, 5.74) is 3.89. The smallest absolute Gasteiger partial charge is 0.126 e. The van der Waals surface area contributed by atoms with Crippen LogP contribution in [-0.2, 0) is 11.2 Å². The molecule has 2 unspecified atom stereocenters. The van der Waals surface area contributed by atoms with Crippen LogP contribution in [0.15, 0.2) is 30.5 Å². The van der Waals surface area contributed by atoms with Gasteiger partial charge < -0.3 is 25.8 Å². The van der Waals surface area contributed by atoms with E-state index in [1.807, 2.05) is 19.9 Å². The molecule has 206 valence electrons. The van der Waals surface area contributed by atoms with Gasteiger partial charge in [0.2, 0.25) is 0 Å². The topological polar surface area (TPSA) is 102 Å². The molecule has 2 atom stereocenters. The van der Waals surface area contributed by atoms with Crippen molar-refractivity contribution in [1.29, 1.82) is 5.26 Å². The van der Waals surface area contributed by atoms with Gasteiger partial charge in [-0.1, -0.05) is 30.7 Å². The largest absolute Gasteiger partial charge is 0.392 e. The molecule has 1 aliphatic heterocycles. The number of nitrogens with one attached hydrogen (secondary N) is 3. The number of aromatic nitrogens is 1. The van der Waals surface area contributed by atoms with E-state index in [0.717, 1.165) is 67.6 Å². The third kappa shape index (κ3) is 6.98. The number of nitriles is 1. The molecule has 0 radical (unpaired) electrons. The van der Waals surface area contributed by atoms with Gasteiger partial charge in [-0.05, 0) is 82.1 Å². The summed E-state index contributed by atoms with van der Waals surface area (Å²) in [7, 11) is 0. The minimum Gasteiger partial charge on any atom is -0.392 e. The maximum atomic E-state index is 9.86. The zero-order valence-electron chi connectivity index (χ0n) is 22.9. The van der Waals surface area contributed by atoms with Gasteiger partial charge in [-0.25, -0.2) is 4.98 Å². The molecule has 2 aromatic rings. The van der Waals surface area contributed by atoms with Gasteiger partial charge in [0.25, 0.3) is 0 Å². The van der Waals surface area contributed by atoms with Crippen molar-refractivity contribution in [3.8, 4) is 17.2 Å². The molecule has 1 aromatic carbocycles. The molecule has 1 aromatic heterocycles. The second-order valence-electron chi connectivity index (χ2n) is 11.0. The van der Waals surface area contributed by atoms with Gasteiger partial charge in [0.15, 0.2) is 0 Å². The molecule has 1 aliphatic carbocycles. The first-order valence-electron chi connectivity index (χ1n) is 14.1. The van der Waals surface area contributed by atoms with E-state index in [4.69, 9.17) is 16.3 Å². The Morgan fingerprint density at radius 3 is 2.53 bits per heavy atom. The number of rotatable bonds is 10. The lowest BCUT2D eigenvalue weighted by Crippen LogP contribution is -2.45. The third-order valence-electron chi connectivity index (χ3n) is 8.28. The van der Waals surface area contributed by atoms with E-state index in [0.29, 0.717) is 36.9 Å². The van der Waals surface area contributed by atoms with Gasteiger partial charge in [-0.2, -0.15) is 5.26 Å². The molecule has 1 saturated carbocycles. The Labute approximate surface area is 232 Å². The van der Waals surface area contributed by atoms with Crippen molar-refractivity contribution in [1.82, 2.24) is 10.3 Å². The van der Waals surface area contributed by atoms with Crippen LogP contribution in [0, 0.1) is 16.7 Å². The van der Waals surface area contributed by atoms with Crippen molar-refractivity contribution in [3.05, 3.63) is 41.0 Å². The minimum absolute atomic E-state index is 0.102. The van der Waals surface area contributed by atoms with Crippen LogP contribution in [0.25, 0.3) is 11.1 Å². The van der Waals surface area contributed by atoms with Crippen LogP contribution in [0.2, 0.25) is 5.02 Å². The van der Waals surface area contributed by atoms with E-state index in [9.17, 15) is 10.4 Å². The maximum absolute atomic E-state index is 9.86. The number of hydrogen-bond donors (Lipinski definition) is 4. The van der Waals surface area contributed by atoms with Crippen LogP contribution in [0.5, 0.6) is 0 Å². The number of halogens is 1. The molecule has 8 heteroatoms. The third-order valence-corrected chi connectivity index (χ3v) is 8.58. The lowest BCUT2D eigenvalue weighted by atomic mass is 9.81. The van der Waals surface area contributed by atoms with Crippen molar-refractivity contribution in [2.45, 2.75) is 89.9 Å². The van der Waals surface area contributed by atoms with E-state index in [2.05, 4.69) is 52.1 Å². The monoisotopic (exact) mass is 539 g/mol. The van der Waals surface area contributed by atoms with Crippen LogP contribution in [0.3, 0.4) is 0 Å². The Kier molecular flexibility index (Phi) is 9.89. The highest BCUT2D eigenvalue weighted by Gasteiger charge is 2.32. The Balaban J connectivity index is 1.46. The molecule has 38 heavy (non-hydrogen) atoms. The number of hydrogen-bond acceptors (Lipinski definition) is 7. The van der Waals surface area contributed by atoms with Crippen LogP contribution in [0.4, 0.5) is 11.5 Å². The first kappa shape index (κ1) is 28.6. The van der Waals surface area contributed by atoms with Crippen molar-refractivity contribution >= 4 is 23.1 Å². The van der Waals surface area contributed by atoms with Gasteiger partial charge in [0.1, 0.15) is 5.82 Å². The Hall–Kier alpha value is -2.37. The van der Waals surface area contributed by atoms with Gasteiger partial charge >= 0.3 is 0 Å². The fourth-order valence-corrected chi connectivity index (χ4v) is 5.79. The fraction of sp³-hybridized carbons (Fsp3) is 0.600. The highest BCUT2D eigenvalue weighted by atomic mass is 35.5. The van der Waals surface area contributed by atoms with E-state index < -0.39 is 5.41 Å². The summed E-state index contributed by atoms with van der Waals surface area (Å²) in [6.45, 7) is 7.90. The van der Waals surface area contributed by atoms with Crippen LogP contribution >= 0.6 is 11.6 Å². The molecule has 4 N–H and O–H groups in total. The highest BCUT2D eigenvalue weighted by molar-refractivity contribution is 6.33. The number of aliphatic hydroxyl groups is 1. The Morgan fingerprint density at radius 1 is 1.16 bits per heavy atom. The standard InChI is InChI=1S/C30H42ClN5O2/c1-4-24-25(6-5-7-28(24)34-19-30(18-32)12-14-38-15-13-30)26-16-29(33-17-27(26)31)36-23-10-8-22(9-11-23)35-20(2)21(3)37/h5-7,16-17,20-23,34-35,37H,4,8-15,19H2,1-3H3,(H,33,36). The zero-order chi connectivity index (χ0) is 27.1. The lowest BCUT2D eigenvalue weighted by Gasteiger charge is -2.32. The molecule has 1 saturated heterocycles. The highest BCUT2D eigenvalue weighted by Crippen LogP contribution is 2.37. The second-order valence-corrected chi connectivity index (χ2v) is 11.4. The predicted molar refractivity (Wildman–Crippen MR) is 155 cm³/mol. The first-order valence-corrected chi connectivity index (χ1v) is 14.4. The zero-order valence-corrected chi connectivity index (χ0v) is 23.7. The molecule has 0 amide bonds. The summed E-state index contributed by atoms with van der Waals surface area (Å²) in [5, 5.41) is 31.1. The number of pyridine rings is 1. The van der Waals surface area contributed by atoms with Crippen molar-refractivity contribution in [2.75, 3.05) is 30.4 Å². The quantitative estimate of drug-likeness (QED) is 0.303. The minimum atomic E-state index is -0.395. The van der Waals surface area contributed by atoms with Gasteiger partial charge in [0.05, 0.1) is 22.6 Å². The summed E-state index contributed by atoms with van der Waals surface area (Å²) in [6, 6.07) is 11.8. The maximum Gasteiger partial charge on any atom is 0.126 e. The molecule has 2 heterocycles. The molecule has 7 nitrogen and oxygen atoms in total. The van der Waals surface area contributed by atoms with Gasteiger partial charge in [-0.3, -0.25) is 0 Å².